The average molecular weight is 398 g/mol. The summed E-state index contributed by atoms with van der Waals surface area (Å²) in [6, 6.07) is 13.9. The summed E-state index contributed by atoms with van der Waals surface area (Å²) in [5, 5.41) is 16.6. The second-order valence-electron chi connectivity index (χ2n) is 6.07. The highest BCUT2D eigenvalue weighted by Gasteiger charge is 2.33. The Morgan fingerprint density at radius 3 is 2.57 bits per heavy atom. The first-order chi connectivity index (χ1) is 13.5. The number of carbonyl (C=O) groups excluding carboxylic acids is 1. The van der Waals surface area contributed by atoms with Gasteiger partial charge in [0.15, 0.2) is 16.6 Å². The molecule has 0 amide bonds. The number of phenols is 1. The van der Waals surface area contributed by atoms with Crippen molar-refractivity contribution in [2.75, 3.05) is 13.2 Å². The topological polar surface area (TPSA) is 79.8 Å². The third kappa shape index (κ3) is 4.09. The number of ether oxygens (including phenoxy) is 2. The van der Waals surface area contributed by atoms with Crippen LogP contribution in [0.2, 0.25) is 0 Å². The fourth-order valence-electron chi connectivity index (χ4n) is 3.06. The molecule has 0 unspecified atom stereocenters. The molecule has 6 nitrogen and oxygen atoms in total. The van der Waals surface area contributed by atoms with E-state index in [0.29, 0.717) is 28.7 Å². The Bertz CT molecular complexity index is 912. The van der Waals surface area contributed by atoms with Gasteiger partial charge in [-0.05, 0) is 49.3 Å². The maximum Gasteiger partial charge on any atom is 0.338 e. The van der Waals surface area contributed by atoms with E-state index < -0.39 is 12.0 Å². The molecule has 2 aromatic rings. The number of nitrogens with one attached hydrogen (secondary N) is 2. The highest BCUT2D eigenvalue weighted by Crippen LogP contribution is 2.36. The predicted octanol–water partition coefficient (Wildman–Crippen LogP) is 3.28. The zero-order valence-corrected chi connectivity index (χ0v) is 16.5. The molecule has 3 N–H and O–H groups in total. The Morgan fingerprint density at radius 1 is 1.14 bits per heavy atom. The molecule has 2 aromatic carbocycles. The summed E-state index contributed by atoms with van der Waals surface area (Å²) in [6.07, 6.45) is 0. The first-order valence-corrected chi connectivity index (χ1v) is 9.45. The molecule has 0 bridgehead atoms. The minimum absolute atomic E-state index is 0.0343. The minimum Gasteiger partial charge on any atom is -0.504 e. The first-order valence-electron chi connectivity index (χ1n) is 9.05. The minimum atomic E-state index is -0.553. The Balaban J connectivity index is 2.16. The van der Waals surface area contributed by atoms with Crippen molar-refractivity contribution in [2.24, 2.45) is 0 Å². The number of benzene rings is 2. The number of hydrogen-bond donors (Lipinski definition) is 3. The Morgan fingerprint density at radius 2 is 1.89 bits per heavy atom. The lowest BCUT2D eigenvalue weighted by Crippen LogP contribution is -2.45. The molecule has 146 valence electrons. The summed E-state index contributed by atoms with van der Waals surface area (Å²) in [6.45, 7) is 4.26. The van der Waals surface area contributed by atoms with Crippen LogP contribution in [0.25, 0.3) is 5.70 Å². The van der Waals surface area contributed by atoms with Gasteiger partial charge in [-0.15, -0.1) is 0 Å². The van der Waals surface area contributed by atoms with Gasteiger partial charge >= 0.3 is 5.97 Å². The van der Waals surface area contributed by atoms with Crippen LogP contribution >= 0.6 is 12.2 Å². The molecule has 1 heterocycles. The van der Waals surface area contributed by atoms with E-state index in [9.17, 15) is 9.90 Å². The third-order valence-corrected chi connectivity index (χ3v) is 4.47. The number of hydrogen-bond acceptors (Lipinski definition) is 5. The molecule has 0 saturated carbocycles. The van der Waals surface area contributed by atoms with Crippen LogP contribution in [0.3, 0.4) is 0 Å². The number of aromatic hydroxyl groups is 1. The average Bonchev–Trinajstić information content (AvgIpc) is 2.70. The van der Waals surface area contributed by atoms with Crippen molar-refractivity contribution in [1.82, 2.24) is 10.6 Å². The highest BCUT2D eigenvalue weighted by atomic mass is 32.1. The van der Waals surface area contributed by atoms with Gasteiger partial charge in [0.2, 0.25) is 0 Å². The van der Waals surface area contributed by atoms with Gasteiger partial charge in [-0.2, -0.15) is 0 Å². The standard InChI is InChI=1S/C21H22N2O4S/c1-3-26-16-12-14(10-11-15(16)24)19-17(20(25)27-4-2)18(22-21(28)23-19)13-8-6-5-7-9-13/h5-12,19,24H,3-4H2,1-2H3,(H2,22,23,28)/t19-/m0/s1. The van der Waals surface area contributed by atoms with E-state index in [1.54, 1.807) is 19.1 Å². The Kier molecular flexibility index (Phi) is 6.16. The quantitative estimate of drug-likeness (QED) is 0.509. The molecule has 0 aromatic heterocycles. The molecule has 1 aliphatic heterocycles. The second-order valence-corrected chi connectivity index (χ2v) is 6.48. The van der Waals surface area contributed by atoms with Gasteiger partial charge in [0.1, 0.15) is 0 Å². The molecule has 28 heavy (non-hydrogen) atoms. The molecule has 0 radical (unpaired) electrons. The van der Waals surface area contributed by atoms with Gasteiger partial charge in [-0.3, -0.25) is 0 Å². The second kappa shape index (κ2) is 8.75. The summed E-state index contributed by atoms with van der Waals surface area (Å²) in [5.74, 6) is -0.0670. The molecule has 1 atom stereocenters. The zero-order chi connectivity index (χ0) is 20.1. The van der Waals surface area contributed by atoms with Crippen molar-refractivity contribution in [3.05, 3.63) is 65.2 Å². The predicted molar refractivity (Wildman–Crippen MR) is 111 cm³/mol. The summed E-state index contributed by atoms with van der Waals surface area (Å²) in [5.41, 5.74) is 2.55. The lowest BCUT2D eigenvalue weighted by atomic mass is 9.92. The fourth-order valence-corrected chi connectivity index (χ4v) is 3.28. The van der Waals surface area contributed by atoms with Gasteiger partial charge in [0.25, 0.3) is 0 Å². The molecule has 3 rings (SSSR count). The molecule has 0 fully saturated rings. The zero-order valence-electron chi connectivity index (χ0n) is 15.7. The van der Waals surface area contributed by atoms with E-state index >= 15 is 0 Å². The fraction of sp³-hybridized carbons (Fsp3) is 0.238. The van der Waals surface area contributed by atoms with Crippen LogP contribution in [-0.4, -0.2) is 29.4 Å². The molecular formula is C21H22N2O4S. The van der Waals surface area contributed by atoms with Crippen molar-refractivity contribution in [3.63, 3.8) is 0 Å². The van der Waals surface area contributed by atoms with Gasteiger partial charge < -0.3 is 25.2 Å². The van der Waals surface area contributed by atoms with Crippen LogP contribution in [0, 0.1) is 0 Å². The van der Waals surface area contributed by atoms with Crippen LogP contribution in [0.15, 0.2) is 54.1 Å². The van der Waals surface area contributed by atoms with Crippen molar-refractivity contribution < 1.29 is 19.4 Å². The van der Waals surface area contributed by atoms with E-state index in [0.717, 1.165) is 11.1 Å². The maximum absolute atomic E-state index is 12.9. The normalized spacial score (nSPS) is 16.2. The lowest BCUT2D eigenvalue weighted by molar-refractivity contribution is -0.138. The SMILES string of the molecule is CCOC(=O)C1=C(c2ccccc2)NC(=S)N[C@H]1c1ccc(O)c(OCC)c1. The van der Waals surface area contributed by atoms with Crippen LogP contribution in [0.1, 0.15) is 31.0 Å². The molecule has 0 saturated heterocycles. The maximum atomic E-state index is 12.9. The molecule has 1 aliphatic rings. The van der Waals surface area contributed by atoms with E-state index in [-0.39, 0.29) is 12.4 Å². The monoisotopic (exact) mass is 398 g/mol. The Labute approximate surface area is 169 Å². The van der Waals surface area contributed by atoms with Gasteiger partial charge in [0, 0.05) is 0 Å². The molecular weight excluding hydrogens is 376 g/mol. The third-order valence-electron chi connectivity index (χ3n) is 4.25. The summed E-state index contributed by atoms with van der Waals surface area (Å²) in [4.78, 5) is 12.9. The summed E-state index contributed by atoms with van der Waals surface area (Å²) < 4.78 is 10.8. The van der Waals surface area contributed by atoms with E-state index in [4.69, 9.17) is 21.7 Å². The van der Waals surface area contributed by atoms with E-state index in [2.05, 4.69) is 10.6 Å². The number of carbonyl (C=O) groups is 1. The van der Waals surface area contributed by atoms with Crippen molar-refractivity contribution >= 4 is 29.0 Å². The number of rotatable bonds is 6. The van der Waals surface area contributed by atoms with Gasteiger partial charge in [-0.1, -0.05) is 36.4 Å². The molecule has 7 heteroatoms. The van der Waals surface area contributed by atoms with Crippen LogP contribution in [0.5, 0.6) is 11.5 Å². The van der Waals surface area contributed by atoms with Gasteiger partial charge in [-0.25, -0.2) is 4.79 Å². The smallest absolute Gasteiger partial charge is 0.338 e. The van der Waals surface area contributed by atoms with Crippen LogP contribution in [0.4, 0.5) is 0 Å². The lowest BCUT2D eigenvalue weighted by Gasteiger charge is -2.31. The number of esters is 1. The Hall–Kier alpha value is -3.06. The summed E-state index contributed by atoms with van der Waals surface area (Å²) in [7, 11) is 0. The van der Waals surface area contributed by atoms with Crippen molar-refractivity contribution in [1.29, 1.82) is 0 Å². The van der Waals surface area contributed by atoms with Crippen molar-refractivity contribution in [3.8, 4) is 11.5 Å². The van der Waals surface area contributed by atoms with Crippen molar-refractivity contribution in [2.45, 2.75) is 19.9 Å². The number of thiocarbonyl (C=S) groups is 1. The number of phenolic OH excluding ortho intramolecular Hbond substituents is 1. The first kappa shape index (κ1) is 19.7. The van der Waals surface area contributed by atoms with E-state index in [1.807, 2.05) is 37.3 Å². The summed E-state index contributed by atoms with van der Waals surface area (Å²) >= 11 is 5.38. The largest absolute Gasteiger partial charge is 0.504 e. The highest BCUT2D eigenvalue weighted by molar-refractivity contribution is 7.80. The van der Waals surface area contributed by atoms with Gasteiger partial charge in [0.05, 0.1) is 30.5 Å². The van der Waals surface area contributed by atoms with Crippen LogP contribution in [-0.2, 0) is 9.53 Å². The van der Waals surface area contributed by atoms with Crippen LogP contribution < -0.4 is 15.4 Å². The van der Waals surface area contributed by atoms with E-state index in [1.165, 1.54) is 6.07 Å². The molecule has 0 spiro atoms. The molecule has 0 aliphatic carbocycles.